The van der Waals surface area contributed by atoms with Gasteiger partial charge in [-0.1, -0.05) is 6.92 Å². The number of rotatable bonds is 3. The van der Waals surface area contributed by atoms with E-state index in [2.05, 4.69) is 27.1 Å². The summed E-state index contributed by atoms with van der Waals surface area (Å²) in [5.41, 5.74) is 0.873. The summed E-state index contributed by atoms with van der Waals surface area (Å²) < 4.78 is 2.59. The first-order valence-corrected chi connectivity index (χ1v) is 5.14. The number of aromatic nitrogens is 5. The molecular formula is C9H11N5S. The minimum atomic E-state index is 0.635. The zero-order valence-electron chi connectivity index (χ0n) is 8.34. The zero-order valence-corrected chi connectivity index (χ0v) is 9.16. The van der Waals surface area contributed by atoms with E-state index in [0.717, 1.165) is 24.4 Å². The summed E-state index contributed by atoms with van der Waals surface area (Å²) in [6.07, 6.45) is 5.96. The van der Waals surface area contributed by atoms with Crippen molar-refractivity contribution in [1.82, 2.24) is 24.7 Å². The summed E-state index contributed by atoms with van der Waals surface area (Å²) in [6, 6.07) is 0. The monoisotopic (exact) mass is 221 g/mol. The van der Waals surface area contributed by atoms with Crippen molar-refractivity contribution in [2.75, 3.05) is 0 Å². The zero-order chi connectivity index (χ0) is 10.7. The normalized spacial score (nSPS) is 10.5. The predicted octanol–water partition coefficient (Wildman–Crippen LogP) is 1.81. The van der Waals surface area contributed by atoms with Crippen LogP contribution in [0.4, 0.5) is 0 Å². The van der Waals surface area contributed by atoms with Crippen molar-refractivity contribution < 1.29 is 0 Å². The first-order chi connectivity index (χ1) is 7.33. The van der Waals surface area contributed by atoms with Gasteiger partial charge in [0, 0.05) is 18.9 Å². The number of hydrogen-bond acceptors (Lipinski definition) is 4. The Morgan fingerprint density at radius 2 is 2.13 bits per heavy atom. The Bertz CT molecular complexity index is 487. The van der Waals surface area contributed by atoms with Crippen LogP contribution in [0.2, 0.25) is 0 Å². The lowest BCUT2D eigenvalue weighted by atomic mass is 10.3. The second-order valence-corrected chi connectivity index (χ2v) is 3.52. The quantitative estimate of drug-likeness (QED) is 0.803. The van der Waals surface area contributed by atoms with E-state index >= 15 is 0 Å². The molecule has 0 fully saturated rings. The minimum Gasteiger partial charge on any atom is -0.300 e. The second-order valence-electron chi connectivity index (χ2n) is 3.13. The van der Waals surface area contributed by atoms with E-state index in [-0.39, 0.29) is 0 Å². The van der Waals surface area contributed by atoms with Crippen molar-refractivity contribution >= 4 is 12.2 Å². The minimum absolute atomic E-state index is 0.635. The molecule has 78 valence electrons. The van der Waals surface area contributed by atoms with Gasteiger partial charge < -0.3 is 4.57 Å². The van der Waals surface area contributed by atoms with Crippen LogP contribution in [-0.2, 0) is 6.54 Å². The molecule has 2 heterocycles. The molecule has 15 heavy (non-hydrogen) atoms. The maximum Gasteiger partial charge on any atom is 0.195 e. The first-order valence-electron chi connectivity index (χ1n) is 4.73. The van der Waals surface area contributed by atoms with Crippen molar-refractivity contribution in [2.45, 2.75) is 19.9 Å². The maximum atomic E-state index is 5.14. The molecule has 0 saturated heterocycles. The number of nitrogens with zero attached hydrogens (tertiary/aromatic N) is 4. The predicted molar refractivity (Wildman–Crippen MR) is 58.7 cm³/mol. The van der Waals surface area contributed by atoms with E-state index < -0.39 is 0 Å². The summed E-state index contributed by atoms with van der Waals surface area (Å²) >= 11 is 5.14. The van der Waals surface area contributed by atoms with Gasteiger partial charge in [-0.3, -0.25) is 5.10 Å². The number of nitrogens with one attached hydrogen (secondary N) is 1. The van der Waals surface area contributed by atoms with E-state index in [1.54, 1.807) is 12.4 Å². The van der Waals surface area contributed by atoms with E-state index in [1.807, 2.05) is 4.57 Å². The third-order valence-corrected chi connectivity index (χ3v) is 2.34. The van der Waals surface area contributed by atoms with Gasteiger partial charge in [0.25, 0.3) is 0 Å². The number of hydrogen-bond donors (Lipinski definition) is 1. The Morgan fingerprint density at radius 3 is 2.80 bits per heavy atom. The van der Waals surface area contributed by atoms with E-state index in [9.17, 15) is 0 Å². The van der Waals surface area contributed by atoms with Crippen LogP contribution in [0.1, 0.15) is 13.3 Å². The lowest BCUT2D eigenvalue weighted by Crippen LogP contribution is -2.00. The molecule has 0 aromatic carbocycles. The molecule has 0 aliphatic carbocycles. The lowest BCUT2D eigenvalue weighted by Gasteiger charge is -2.03. The summed E-state index contributed by atoms with van der Waals surface area (Å²) in [7, 11) is 0. The first kappa shape index (κ1) is 9.97. The molecule has 0 bridgehead atoms. The molecule has 2 rings (SSSR count). The average molecular weight is 221 g/mol. The van der Waals surface area contributed by atoms with Crippen molar-refractivity contribution in [1.29, 1.82) is 0 Å². The average Bonchev–Trinajstić information content (AvgIpc) is 2.63. The highest BCUT2D eigenvalue weighted by molar-refractivity contribution is 7.71. The van der Waals surface area contributed by atoms with Crippen LogP contribution in [0.3, 0.4) is 0 Å². The third-order valence-electron chi connectivity index (χ3n) is 2.02. The van der Waals surface area contributed by atoms with Crippen LogP contribution in [0.5, 0.6) is 0 Å². The van der Waals surface area contributed by atoms with Crippen LogP contribution >= 0.6 is 12.2 Å². The Labute approximate surface area is 92.2 Å². The van der Waals surface area contributed by atoms with Crippen LogP contribution in [0.25, 0.3) is 11.4 Å². The molecule has 0 atom stereocenters. The highest BCUT2D eigenvalue weighted by Crippen LogP contribution is 2.14. The maximum absolute atomic E-state index is 5.14. The van der Waals surface area contributed by atoms with Gasteiger partial charge >= 0.3 is 0 Å². The molecule has 5 nitrogen and oxygen atoms in total. The van der Waals surface area contributed by atoms with Gasteiger partial charge in [-0.15, -0.1) is 0 Å². The molecule has 2 aromatic heterocycles. The third kappa shape index (κ3) is 1.94. The summed E-state index contributed by atoms with van der Waals surface area (Å²) in [4.78, 5) is 7.92. The Morgan fingerprint density at radius 1 is 1.40 bits per heavy atom. The van der Waals surface area contributed by atoms with Crippen molar-refractivity contribution in [3.63, 3.8) is 0 Å². The van der Waals surface area contributed by atoms with Gasteiger partial charge in [-0.2, -0.15) is 5.10 Å². The lowest BCUT2D eigenvalue weighted by molar-refractivity contribution is 0.674. The second kappa shape index (κ2) is 4.31. The molecule has 1 N–H and O–H groups in total. The van der Waals surface area contributed by atoms with Gasteiger partial charge in [0.1, 0.15) is 6.33 Å². The molecule has 2 aromatic rings. The SMILES string of the molecule is CCCn1c(-c2cncnc2)n[nH]c1=S. The standard InChI is InChI=1S/C9H11N5S/c1-2-3-14-8(12-13-9(14)15)7-4-10-6-11-5-7/h4-6H,2-3H2,1H3,(H,13,15). The molecule has 0 spiro atoms. The van der Waals surface area contributed by atoms with Gasteiger partial charge in [-0.25, -0.2) is 9.97 Å². The van der Waals surface area contributed by atoms with Crippen molar-refractivity contribution in [3.8, 4) is 11.4 Å². The van der Waals surface area contributed by atoms with Gasteiger partial charge in [0.2, 0.25) is 0 Å². The fourth-order valence-corrected chi connectivity index (χ4v) is 1.61. The summed E-state index contributed by atoms with van der Waals surface area (Å²) in [6.45, 7) is 2.94. The molecule has 0 unspecified atom stereocenters. The Balaban J connectivity index is 2.49. The van der Waals surface area contributed by atoms with Gasteiger partial charge in [-0.05, 0) is 18.6 Å². The van der Waals surface area contributed by atoms with Crippen molar-refractivity contribution in [3.05, 3.63) is 23.5 Å². The fraction of sp³-hybridized carbons (Fsp3) is 0.333. The molecule has 0 saturated carbocycles. The largest absolute Gasteiger partial charge is 0.300 e. The van der Waals surface area contributed by atoms with Crippen molar-refractivity contribution in [2.24, 2.45) is 0 Å². The number of aromatic amines is 1. The Hall–Kier alpha value is -1.56. The fourth-order valence-electron chi connectivity index (χ4n) is 1.38. The van der Waals surface area contributed by atoms with Crippen LogP contribution in [-0.4, -0.2) is 24.7 Å². The Kier molecular flexibility index (Phi) is 2.86. The molecule has 6 heteroatoms. The summed E-state index contributed by atoms with van der Waals surface area (Å²) in [5, 5.41) is 6.95. The highest BCUT2D eigenvalue weighted by Gasteiger charge is 2.07. The molecule has 0 radical (unpaired) electrons. The molecule has 0 aliphatic heterocycles. The van der Waals surface area contributed by atoms with Crippen LogP contribution < -0.4 is 0 Å². The van der Waals surface area contributed by atoms with Gasteiger partial charge in [0.15, 0.2) is 10.6 Å². The molecular weight excluding hydrogens is 210 g/mol. The van der Waals surface area contributed by atoms with Gasteiger partial charge in [0.05, 0.1) is 5.56 Å². The van der Waals surface area contributed by atoms with Crippen LogP contribution in [0.15, 0.2) is 18.7 Å². The van der Waals surface area contributed by atoms with E-state index in [1.165, 1.54) is 6.33 Å². The number of H-pyrrole nitrogens is 1. The topological polar surface area (TPSA) is 59.4 Å². The van der Waals surface area contributed by atoms with E-state index in [4.69, 9.17) is 12.2 Å². The molecule has 0 aliphatic rings. The smallest absolute Gasteiger partial charge is 0.195 e. The highest BCUT2D eigenvalue weighted by atomic mass is 32.1. The summed E-state index contributed by atoms with van der Waals surface area (Å²) in [5.74, 6) is 0.794. The van der Waals surface area contributed by atoms with E-state index in [0.29, 0.717) is 4.77 Å². The molecule has 0 amide bonds. The van der Waals surface area contributed by atoms with Crippen LogP contribution in [0, 0.1) is 4.77 Å².